The van der Waals surface area contributed by atoms with Gasteiger partial charge in [0.1, 0.15) is 0 Å². The van der Waals surface area contributed by atoms with Gasteiger partial charge in [0.25, 0.3) is 0 Å². The number of anilines is 1. The van der Waals surface area contributed by atoms with E-state index in [2.05, 4.69) is 10.6 Å². The van der Waals surface area contributed by atoms with Gasteiger partial charge in [-0.15, -0.1) is 0 Å². The van der Waals surface area contributed by atoms with Crippen molar-refractivity contribution in [1.29, 1.82) is 0 Å². The Balaban J connectivity index is 2.81. The Labute approximate surface area is 107 Å². The van der Waals surface area contributed by atoms with Gasteiger partial charge in [0.2, 0.25) is 0 Å². The van der Waals surface area contributed by atoms with E-state index in [1.165, 1.54) is 0 Å². The number of hydrogen-bond donors (Lipinski definition) is 2. The van der Waals surface area contributed by atoms with Crippen LogP contribution in [-0.4, -0.2) is 25.8 Å². The predicted octanol–water partition coefficient (Wildman–Crippen LogP) is 2.63. The molecule has 100 valence electrons. The zero-order valence-electron chi connectivity index (χ0n) is 11.1. The second-order valence-electron chi connectivity index (χ2n) is 3.51. The summed E-state index contributed by atoms with van der Waals surface area (Å²) in [5.74, 6) is 1.31. The van der Waals surface area contributed by atoms with Crippen LogP contribution in [0.25, 0.3) is 0 Å². The lowest BCUT2D eigenvalue weighted by Gasteiger charge is -2.13. The molecular formula is C13H20N2O3. The fourth-order valence-electron chi connectivity index (χ4n) is 1.46. The number of hydrogen-bond acceptors (Lipinski definition) is 3. The molecule has 1 aromatic rings. The van der Waals surface area contributed by atoms with Crippen molar-refractivity contribution in [3.63, 3.8) is 0 Å². The van der Waals surface area contributed by atoms with E-state index in [0.29, 0.717) is 36.9 Å². The highest BCUT2D eigenvalue weighted by atomic mass is 16.5. The first-order valence-corrected chi connectivity index (χ1v) is 6.15. The molecular weight excluding hydrogens is 232 g/mol. The molecule has 5 nitrogen and oxygen atoms in total. The molecule has 0 radical (unpaired) electrons. The Morgan fingerprint density at radius 2 is 1.78 bits per heavy atom. The van der Waals surface area contributed by atoms with Crippen LogP contribution in [0.1, 0.15) is 20.8 Å². The Morgan fingerprint density at radius 3 is 2.39 bits per heavy atom. The molecule has 0 atom stereocenters. The van der Waals surface area contributed by atoms with Crippen LogP contribution in [0.15, 0.2) is 18.2 Å². The van der Waals surface area contributed by atoms with Gasteiger partial charge in [-0.05, 0) is 32.9 Å². The van der Waals surface area contributed by atoms with Crippen molar-refractivity contribution in [2.45, 2.75) is 20.8 Å². The number of carbonyl (C=O) groups is 1. The third kappa shape index (κ3) is 4.16. The van der Waals surface area contributed by atoms with Gasteiger partial charge >= 0.3 is 6.03 Å². The lowest BCUT2D eigenvalue weighted by molar-refractivity contribution is 0.252. The highest BCUT2D eigenvalue weighted by Crippen LogP contribution is 2.30. The summed E-state index contributed by atoms with van der Waals surface area (Å²) in [6.07, 6.45) is 0. The van der Waals surface area contributed by atoms with Crippen LogP contribution in [0, 0.1) is 0 Å². The highest BCUT2D eigenvalue weighted by molar-refractivity contribution is 5.89. The summed E-state index contributed by atoms with van der Waals surface area (Å²) in [6.45, 7) is 7.38. The number of rotatable bonds is 6. The van der Waals surface area contributed by atoms with E-state index in [4.69, 9.17) is 9.47 Å². The molecule has 0 unspecified atom stereocenters. The van der Waals surface area contributed by atoms with Gasteiger partial charge in [-0.2, -0.15) is 0 Å². The second-order valence-corrected chi connectivity index (χ2v) is 3.51. The molecule has 0 spiro atoms. The second kappa shape index (κ2) is 7.42. The number of nitrogens with one attached hydrogen (secondary N) is 2. The summed E-state index contributed by atoms with van der Waals surface area (Å²) in [5, 5.41) is 5.39. The van der Waals surface area contributed by atoms with Crippen molar-refractivity contribution in [3.8, 4) is 11.5 Å². The van der Waals surface area contributed by atoms with E-state index in [9.17, 15) is 4.79 Å². The summed E-state index contributed by atoms with van der Waals surface area (Å²) < 4.78 is 10.9. The minimum atomic E-state index is -0.232. The van der Waals surface area contributed by atoms with Crippen LogP contribution in [0.5, 0.6) is 11.5 Å². The van der Waals surface area contributed by atoms with Crippen LogP contribution in [0.2, 0.25) is 0 Å². The molecule has 2 N–H and O–H groups in total. The summed E-state index contributed by atoms with van der Waals surface area (Å²) in [5.41, 5.74) is 0.674. The summed E-state index contributed by atoms with van der Waals surface area (Å²) in [7, 11) is 0. The Kier molecular flexibility index (Phi) is 5.84. The maximum atomic E-state index is 11.4. The molecule has 5 heteroatoms. The summed E-state index contributed by atoms with van der Waals surface area (Å²) in [4.78, 5) is 11.4. The monoisotopic (exact) mass is 252 g/mol. The molecule has 0 aromatic heterocycles. The molecule has 0 saturated carbocycles. The molecule has 0 heterocycles. The lowest BCUT2D eigenvalue weighted by Crippen LogP contribution is -2.28. The molecule has 0 fully saturated rings. The van der Waals surface area contributed by atoms with Crippen molar-refractivity contribution >= 4 is 11.7 Å². The first-order chi connectivity index (χ1) is 8.71. The molecule has 18 heavy (non-hydrogen) atoms. The predicted molar refractivity (Wildman–Crippen MR) is 71.5 cm³/mol. The van der Waals surface area contributed by atoms with Crippen molar-refractivity contribution in [2.75, 3.05) is 25.1 Å². The minimum absolute atomic E-state index is 0.232. The summed E-state index contributed by atoms with van der Waals surface area (Å²) >= 11 is 0. The molecule has 1 rings (SSSR count). The normalized spacial score (nSPS) is 9.72. The number of urea groups is 1. The number of carbonyl (C=O) groups excluding carboxylic acids is 1. The van der Waals surface area contributed by atoms with Gasteiger partial charge in [-0.3, -0.25) is 0 Å². The van der Waals surface area contributed by atoms with Gasteiger partial charge in [0, 0.05) is 18.3 Å². The van der Waals surface area contributed by atoms with E-state index in [-0.39, 0.29) is 6.03 Å². The van der Waals surface area contributed by atoms with E-state index in [1.54, 1.807) is 18.2 Å². The minimum Gasteiger partial charge on any atom is -0.490 e. The van der Waals surface area contributed by atoms with Gasteiger partial charge in [0.15, 0.2) is 11.5 Å². The van der Waals surface area contributed by atoms with E-state index in [0.717, 1.165) is 0 Å². The lowest BCUT2D eigenvalue weighted by atomic mass is 10.2. The van der Waals surface area contributed by atoms with E-state index in [1.807, 2.05) is 20.8 Å². The molecule has 0 bridgehead atoms. The van der Waals surface area contributed by atoms with Crippen LogP contribution in [-0.2, 0) is 0 Å². The zero-order chi connectivity index (χ0) is 13.4. The van der Waals surface area contributed by atoms with Gasteiger partial charge in [-0.1, -0.05) is 0 Å². The first-order valence-electron chi connectivity index (χ1n) is 6.15. The third-order valence-corrected chi connectivity index (χ3v) is 2.14. The Hall–Kier alpha value is -1.91. The average molecular weight is 252 g/mol. The summed E-state index contributed by atoms with van der Waals surface area (Å²) in [6, 6.07) is 5.09. The van der Waals surface area contributed by atoms with Gasteiger partial charge in [-0.25, -0.2) is 4.79 Å². The molecule has 1 aromatic carbocycles. The first kappa shape index (κ1) is 14.2. The third-order valence-electron chi connectivity index (χ3n) is 2.14. The smallest absolute Gasteiger partial charge is 0.319 e. The molecule has 0 aliphatic heterocycles. The zero-order valence-corrected chi connectivity index (χ0v) is 11.1. The van der Waals surface area contributed by atoms with Gasteiger partial charge in [0.05, 0.1) is 13.2 Å². The number of amides is 2. The SMILES string of the molecule is CCNC(=O)Nc1ccc(OCC)c(OCC)c1. The molecule has 0 aliphatic rings. The molecule has 0 aliphatic carbocycles. The van der Waals surface area contributed by atoms with Crippen LogP contribution in [0.3, 0.4) is 0 Å². The van der Waals surface area contributed by atoms with E-state index < -0.39 is 0 Å². The molecule has 2 amide bonds. The van der Waals surface area contributed by atoms with Crippen LogP contribution in [0.4, 0.5) is 10.5 Å². The highest BCUT2D eigenvalue weighted by Gasteiger charge is 2.07. The number of benzene rings is 1. The fourth-order valence-corrected chi connectivity index (χ4v) is 1.46. The maximum absolute atomic E-state index is 11.4. The quantitative estimate of drug-likeness (QED) is 0.818. The molecule has 0 saturated heterocycles. The average Bonchev–Trinajstić information content (AvgIpc) is 2.33. The van der Waals surface area contributed by atoms with E-state index >= 15 is 0 Å². The van der Waals surface area contributed by atoms with Crippen LogP contribution < -0.4 is 20.1 Å². The largest absolute Gasteiger partial charge is 0.490 e. The van der Waals surface area contributed by atoms with Crippen LogP contribution >= 0.6 is 0 Å². The standard InChI is InChI=1S/C13H20N2O3/c1-4-14-13(16)15-10-7-8-11(17-5-2)12(9-10)18-6-3/h7-9H,4-6H2,1-3H3,(H2,14,15,16). The maximum Gasteiger partial charge on any atom is 0.319 e. The van der Waals surface area contributed by atoms with Crippen molar-refractivity contribution in [2.24, 2.45) is 0 Å². The number of ether oxygens (including phenoxy) is 2. The Morgan fingerprint density at radius 1 is 1.11 bits per heavy atom. The fraction of sp³-hybridized carbons (Fsp3) is 0.462. The van der Waals surface area contributed by atoms with Crippen molar-refractivity contribution < 1.29 is 14.3 Å². The topological polar surface area (TPSA) is 59.6 Å². The van der Waals surface area contributed by atoms with Crippen molar-refractivity contribution in [3.05, 3.63) is 18.2 Å². The Bertz CT molecular complexity index is 394. The van der Waals surface area contributed by atoms with Crippen molar-refractivity contribution in [1.82, 2.24) is 5.32 Å². The van der Waals surface area contributed by atoms with Gasteiger partial charge < -0.3 is 20.1 Å².